The van der Waals surface area contributed by atoms with Gasteiger partial charge >= 0.3 is 5.69 Å². The molecule has 0 bridgehead atoms. The van der Waals surface area contributed by atoms with E-state index >= 15 is 0 Å². The molecule has 3 aromatic rings. The number of fused-ring (bicyclic) bond motifs is 1. The number of benzene rings is 1. The summed E-state index contributed by atoms with van der Waals surface area (Å²) in [6.45, 7) is 8.38. The molecule has 2 aromatic heterocycles. The predicted octanol–water partition coefficient (Wildman–Crippen LogP) is 2.87. The number of nitrogens with one attached hydrogen (secondary N) is 1. The minimum Gasteiger partial charge on any atom is -0.381 e. The van der Waals surface area contributed by atoms with Crippen LogP contribution in [0.2, 0.25) is 0 Å². The molecule has 1 fully saturated rings. The average Bonchev–Trinajstić information content (AvgIpc) is 3.11. The molecule has 0 unspecified atom stereocenters. The number of hydrogen-bond donors (Lipinski definition) is 1. The third kappa shape index (κ3) is 3.28. The van der Waals surface area contributed by atoms with E-state index in [9.17, 15) is 10.1 Å². The fourth-order valence-corrected chi connectivity index (χ4v) is 2.98. The number of ether oxygens (including phenoxy) is 1. The molecule has 3 heterocycles. The van der Waals surface area contributed by atoms with E-state index in [-0.39, 0.29) is 23.5 Å². The maximum atomic E-state index is 11.4. The van der Waals surface area contributed by atoms with Crippen molar-refractivity contribution in [2.45, 2.75) is 18.9 Å². The quantitative estimate of drug-likeness (QED) is 0.430. The van der Waals surface area contributed by atoms with Crippen LogP contribution < -0.4 is 5.32 Å². The minimum absolute atomic E-state index is 0.0495. The van der Waals surface area contributed by atoms with Crippen molar-refractivity contribution in [2.24, 2.45) is 0 Å². The van der Waals surface area contributed by atoms with E-state index < -0.39 is 4.92 Å². The van der Waals surface area contributed by atoms with Crippen LogP contribution in [0.5, 0.6) is 0 Å². The lowest BCUT2D eigenvalue weighted by molar-refractivity contribution is -0.384. The molecule has 0 amide bonds. The summed E-state index contributed by atoms with van der Waals surface area (Å²) < 4.78 is 6.94. The van der Waals surface area contributed by atoms with Crippen LogP contribution in [0.4, 0.5) is 17.2 Å². The summed E-state index contributed by atoms with van der Waals surface area (Å²) in [4.78, 5) is 27.1. The van der Waals surface area contributed by atoms with E-state index in [1.54, 1.807) is 22.8 Å². The van der Waals surface area contributed by atoms with Crippen molar-refractivity contribution in [1.29, 1.82) is 0 Å². The molecule has 27 heavy (non-hydrogen) atoms. The Bertz CT molecular complexity index is 1050. The summed E-state index contributed by atoms with van der Waals surface area (Å²) in [6.07, 6.45) is 4.23. The zero-order valence-corrected chi connectivity index (χ0v) is 14.2. The Labute approximate surface area is 153 Å². The van der Waals surface area contributed by atoms with Crippen molar-refractivity contribution in [2.75, 3.05) is 18.5 Å². The van der Waals surface area contributed by atoms with Gasteiger partial charge in [-0.2, -0.15) is 4.98 Å². The molecule has 1 aliphatic rings. The normalized spacial score (nSPS) is 14.8. The van der Waals surface area contributed by atoms with Gasteiger partial charge in [-0.1, -0.05) is 6.07 Å². The molecule has 0 spiro atoms. The van der Waals surface area contributed by atoms with Gasteiger partial charge in [0.1, 0.15) is 12.5 Å². The molecular formula is C17H15N7O3. The highest BCUT2D eigenvalue weighted by atomic mass is 16.6. The fourth-order valence-electron chi connectivity index (χ4n) is 2.98. The summed E-state index contributed by atoms with van der Waals surface area (Å²) in [7, 11) is 0. The van der Waals surface area contributed by atoms with Gasteiger partial charge in [-0.25, -0.2) is 14.8 Å². The molecule has 1 saturated heterocycles. The number of aromatic nitrogens is 4. The average molecular weight is 365 g/mol. The first-order valence-electron chi connectivity index (χ1n) is 8.36. The third-order valence-corrected chi connectivity index (χ3v) is 4.39. The molecule has 10 nitrogen and oxygen atoms in total. The highest BCUT2D eigenvalue weighted by molar-refractivity contribution is 5.81. The zero-order valence-electron chi connectivity index (χ0n) is 14.2. The fraction of sp³-hybridized carbons (Fsp3) is 0.294. The van der Waals surface area contributed by atoms with Crippen LogP contribution in [0, 0.1) is 16.7 Å². The Balaban J connectivity index is 1.76. The Morgan fingerprint density at radius 1 is 1.33 bits per heavy atom. The summed E-state index contributed by atoms with van der Waals surface area (Å²) in [6, 6.07) is 5.16. The maximum absolute atomic E-state index is 11.4. The van der Waals surface area contributed by atoms with Gasteiger partial charge in [0.05, 0.1) is 22.5 Å². The second kappa shape index (κ2) is 6.97. The topological polar surface area (TPSA) is 112 Å². The van der Waals surface area contributed by atoms with E-state index in [4.69, 9.17) is 11.3 Å². The standard InChI is InChI=1S/C17H15N7O3/c1-18-12-2-3-13-14(8-12)23(10-20-13)17-19-9-15(24(25)26)16(22-17)21-11-4-6-27-7-5-11/h2-3,8-11H,4-7H2,(H,19,21,22). The first kappa shape index (κ1) is 16.9. The number of hydrogen-bond acceptors (Lipinski definition) is 7. The molecule has 0 saturated carbocycles. The Hall–Kier alpha value is -3.58. The zero-order chi connectivity index (χ0) is 18.8. The second-order valence-corrected chi connectivity index (χ2v) is 6.09. The van der Waals surface area contributed by atoms with Crippen LogP contribution in [0.3, 0.4) is 0 Å². The molecule has 0 radical (unpaired) electrons. The van der Waals surface area contributed by atoms with E-state index in [1.807, 2.05) is 0 Å². The van der Waals surface area contributed by atoms with Crippen LogP contribution in [0.15, 0.2) is 30.7 Å². The van der Waals surface area contributed by atoms with Crippen LogP contribution in [0.1, 0.15) is 12.8 Å². The SMILES string of the molecule is [C-]#[N+]c1ccc2ncn(-c3ncc([N+](=O)[O-])c(NC4CCOCC4)n3)c2c1. The molecule has 1 aromatic carbocycles. The lowest BCUT2D eigenvalue weighted by Crippen LogP contribution is -2.28. The second-order valence-electron chi connectivity index (χ2n) is 6.09. The molecule has 10 heteroatoms. The monoisotopic (exact) mass is 365 g/mol. The molecule has 0 aliphatic carbocycles. The first-order chi connectivity index (χ1) is 13.2. The summed E-state index contributed by atoms with van der Waals surface area (Å²) in [5.74, 6) is 0.417. The number of anilines is 1. The van der Waals surface area contributed by atoms with Gasteiger partial charge < -0.3 is 10.1 Å². The summed E-state index contributed by atoms with van der Waals surface area (Å²) in [5.41, 5.74) is 1.63. The van der Waals surface area contributed by atoms with Crippen molar-refractivity contribution in [1.82, 2.24) is 19.5 Å². The van der Waals surface area contributed by atoms with E-state index in [0.29, 0.717) is 29.9 Å². The largest absolute Gasteiger partial charge is 0.381 e. The molecule has 1 N–H and O–H groups in total. The smallest absolute Gasteiger partial charge is 0.329 e. The van der Waals surface area contributed by atoms with E-state index in [0.717, 1.165) is 12.8 Å². The molecule has 136 valence electrons. The van der Waals surface area contributed by atoms with Crippen molar-refractivity contribution in [3.8, 4) is 5.95 Å². The van der Waals surface area contributed by atoms with Gasteiger partial charge in [-0.3, -0.25) is 14.7 Å². The number of rotatable bonds is 4. The van der Waals surface area contributed by atoms with E-state index in [1.165, 1.54) is 12.5 Å². The highest BCUT2D eigenvalue weighted by Gasteiger charge is 2.23. The summed E-state index contributed by atoms with van der Waals surface area (Å²) in [5, 5.41) is 14.5. The van der Waals surface area contributed by atoms with Gasteiger partial charge in [0.15, 0.2) is 5.69 Å². The van der Waals surface area contributed by atoms with Crippen LogP contribution in [-0.2, 0) is 4.74 Å². The number of nitrogens with zero attached hydrogens (tertiary/aromatic N) is 6. The summed E-state index contributed by atoms with van der Waals surface area (Å²) >= 11 is 0. The predicted molar refractivity (Wildman–Crippen MR) is 97.0 cm³/mol. The molecule has 4 rings (SSSR count). The van der Waals surface area contributed by atoms with Crippen molar-refractivity contribution in [3.63, 3.8) is 0 Å². The van der Waals surface area contributed by atoms with Crippen LogP contribution in [-0.4, -0.2) is 43.7 Å². The first-order valence-corrected chi connectivity index (χ1v) is 8.36. The van der Waals surface area contributed by atoms with Crippen molar-refractivity contribution < 1.29 is 9.66 Å². The number of nitro groups is 1. The van der Waals surface area contributed by atoms with Crippen LogP contribution in [0.25, 0.3) is 21.8 Å². The minimum atomic E-state index is -0.505. The van der Waals surface area contributed by atoms with E-state index in [2.05, 4.69) is 25.1 Å². The van der Waals surface area contributed by atoms with Gasteiger partial charge in [-0.05, 0) is 25.0 Å². The molecular weight excluding hydrogens is 350 g/mol. The lowest BCUT2D eigenvalue weighted by Gasteiger charge is -2.23. The highest BCUT2D eigenvalue weighted by Crippen LogP contribution is 2.27. The van der Waals surface area contributed by atoms with Gasteiger partial charge in [0, 0.05) is 19.3 Å². The van der Waals surface area contributed by atoms with Gasteiger partial charge in [0.2, 0.25) is 11.8 Å². The van der Waals surface area contributed by atoms with Crippen molar-refractivity contribution in [3.05, 3.63) is 52.3 Å². The molecule has 1 aliphatic heterocycles. The molecule has 0 atom stereocenters. The Morgan fingerprint density at radius 3 is 2.89 bits per heavy atom. The Morgan fingerprint density at radius 2 is 2.15 bits per heavy atom. The maximum Gasteiger partial charge on any atom is 0.329 e. The Kier molecular flexibility index (Phi) is 4.35. The van der Waals surface area contributed by atoms with Crippen molar-refractivity contribution >= 4 is 28.2 Å². The van der Waals surface area contributed by atoms with Gasteiger partial charge in [-0.15, -0.1) is 0 Å². The van der Waals surface area contributed by atoms with Crippen LogP contribution >= 0.6 is 0 Å². The third-order valence-electron chi connectivity index (χ3n) is 4.39. The lowest BCUT2D eigenvalue weighted by atomic mass is 10.1. The van der Waals surface area contributed by atoms with Gasteiger partial charge in [0.25, 0.3) is 0 Å². The number of imidazole rings is 1.